The molecule has 2 heterocycles. The van der Waals surface area contributed by atoms with Crippen LogP contribution in [0.1, 0.15) is 22.0 Å². The smallest absolute Gasteiger partial charge is 0.274 e. The van der Waals surface area contributed by atoms with Crippen LogP contribution in [0.25, 0.3) is 21.7 Å². The third-order valence-electron chi connectivity index (χ3n) is 6.13. The molecule has 3 aromatic carbocycles. The van der Waals surface area contributed by atoms with Gasteiger partial charge in [-0.1, -0.05) is 0 Å². The number of amides is 1. The number of H-pyrrole nitrogens is 1. The molecule has 0 saturated heterocycles. The number of anilines is 1. The van der Waals surface area contributed by atoms with Gasteiger partial charge in [-0.25, -0.2) is 8.42 Å². The number of rotatable bonds is 4. The number of alkyl halides is 1. The van der Waals surface area contributed by atoms with E-state index < -0.39 is 9.84 Å². The summed E-state index contributed by atoms with van der Waals surface area (Å²) >= 11 is 6.29. The molecule has 1 amide bonds. The summed E-state index contributed by atoms with van der Waals surface area (Å²) in [5.41, 5.74) is 2.46. The van der Waals surface area contributed by atoms with E-state index in [-0.39, 0.29) is 22.5 Å². The van der Waals surface area contributed by atoms with E-state index in [0.717, 1.165) is 17.2 Å². The SMILES string of the molecule is COc1ccc2c(O)cc3c(c2c1)[C@H](CCl)CN3C(=O)c1cc2cc(S(C)(=O)=O)ccc2[nH]1. The summed E-state index contributed by atoms with van der Waals surface area (Å²) in [6, 6.07) is 13.3. The first-order valence-electron chi connectivity index (χ1n) is 10.3. The second-order valence-electron chi connectivity index (χ2n) is 8.21. The average molecular weight is 485 g/mol. The Hall–Kier alpha value is -3.23. The zero-order valence-electron chi connectivity index (χ0n) is 17.9. The number of aromatic hydroxyl groups is 1. The predicted octanol–water partition coefficient (Wildman–Crippen LogP) is 4.42. The van der Waals surface area contributed by atoms with Gasteiger partial charge >= 0.3 is 0 Å². The highest BCUT2D eigenvalue weighted by atomic mass is 35.5. The van der Waals surface area contributed by atoms with E-state index in [2.05, 4.69) is 4.98 Å². The number of halogens is 1. The van der Waals surface area contributed by atoms with Gasteiger partial charge in [0.15, 0.2) is 9.84 Å². The van der Waals surface area contributed by atoms with Crippen LogP contribution >= 0.6 is 11.6 Å². The van der Waals surface area contributed by atoms with Crippen LogP contribution in [-0.2, 0) is 9.84 Å². The molecule has 0 spiro atoms. The number of hydrogen-bond acceptors (Lipinski definition) is 5. The molecule has 0 saturated carbocycles. The minimum Gasteiger partial charge on any atom is -0.507 e. The van der Waals surface area contributed by atoms with E-state index in [4.69, 9.17) is 16.3 Å². The number of benzene rings is 3. The summed E-state index contributed by atoms with van der Waals surface area (Å²) in [6.07, 6.45) is 1.14. The van der Waals surface area contributed by atoms with E-state index in [1.807, 2.05) is 6.07 Å². The van der Waals surface area contributed by atoms with Crippen molar-refractivity contribution in [3.63, 3.8) is 0 Å². The lowest BCUT2D eigenvalue weighted by molar-refractivity contribution is 0.0984. The van der Waals surface area contributed by atoms with Crippen LogP contribution in [-0.4, -0.2) is 50.2 Å². The molecular formula is C24H21ClN2O5S. The third kappa shape index (κ3) is 3.50. The zero-order valence-corrected chi connectivity index (χ0v) is 19.5. The lowest BCUT2D eigenvalue weighted by Crippen LogP contribution is -2.30. The Morgan fingerprint density at radius 2 is 1.97 bits per heavy atom. The maximum absolute atomic E-state index is 13.5. The van der Waals surface area contributed by atoms with Crippen molar-refractivity contribution >= 4 is 54.7 Å². The van der Waals surface area contributed by atoms with Gasteiger partial charge in [0.25, 0.3) is 5.91 Å². The summed E-state index contributed by atoms with van der Waals surface area (Å²) in [5.74, 6) is 0.599. The Bertz CT molecular complexity index is 1540. The number of phenolic OH excluding ortho intramolecular Hbond substituents is 1. The Balaban J connectivity index is 1.62. The van der Waals surface area contributed by atoms with Crippen LogP contribution in [0.15, 0.2) is 53.4 Å². The monoisotopic (exact) mass is 484 g/mol. The van der Waals surface area contributed by atoms with E-state index in [1.165, 1.54) is 6.07 Å². The molecule has 1 aliphatic heterocycles. The van der Waals surface area contributed by atoms with Crippen molar-refractivity contribution in [2.24, 2.45) is 0 Å². The first kappa shape index (κ1) is 21.6. The van der Waals surface area contributed by atoms with E-state index in [1.54, 1.807) is 48.4 Å². The van der Waals surface area contributed by atoms with Crippen LogP contribution in [0, 0.1) is 0 Å². The summed E-state index contributed by atoms with van der Waals surface area (Å²) in [5, 5.41) is 12.8. The maximum Gasteiger partial charge on any atom is 0.274 e. The number of fused-ring (bicyclic) bond motifs is 4. The lowest BCUT2D eigenvalue weighted by Gasteiger charge is -2.17. The molecule has 2 N–H and O–H groups in total. The molecule has 5 rings (SSSR count). The molecule has 0 unspecified atom stereocenters. The van der Waals surface area contributed by atoms with Gasteiger partial charge in [-0.05, 0) is 53.4 Å². The summed E-state index contributed by atoms with van der Waals surface area (Å²) in [7, 11) is -1.79. The Kier molecular flexibility index (Phi) is 5.02. The Morgan fingerprint density at radius 1 is 1.18 bits per heavy atom. The van der Waals surface area contributed by atoms with Crippen molar-refractivity contribution in [3.05, 3.63) is 59.8 Å². The molecule has 4 aromatic rings. The van der Waals surface area contributed by atoms with Crippen molar-refractivity contribution in [1.82, 2.24) is 4.98 Å². The van der Waals surface area contributed by atoms with Crippen molar-refractivity contribution in [1.29, 1.82) is 0 Å². The first-order chi connectivity index (χ1) is 15.7. The molecule has 1 aromatic heterocycles. The molecule has 9 heteroatoms. The number of methoxy groups -OCH3 is 1. The first-order valence-corrected chi connectivity index (χ1v) is 12.7. The zero-order chi connectivity index (χ0) is 23.5. The number of ether oxygens (including phenoxy) is 1. The van der Waals surface area contributed by atoms with Crippen LogP contribution in [0.5, 0.6) is 11.5 Å². The number of carbonyl (C=O) groups is 1. The number of aromatic amines is 1. The summed E-state index contributed by atoms with van der Waals surface area (Å²) < 4.78 is 29.1. The van der Waals surface area contributed by atoms with Gasteiger partial charge in [-0.15, -0.1) is 11.6 Å². The minimum absolute atomic E-state index is 0.0638. The molecule has 1 aliphatic rings. The van der Waals surface area contributed by atoms with Crippen molar-refractivity contribution in [2.75, 3.05) is 30.7 Å². The van der Waals surface area contributed by atoms with Gasteiger partial charge in [0, 0.05) is 47.0 Å². The third-order valence-corrected chi connectivity index (χ3v) is 7.61. The van der Waals surface area contributed by atoms with Gasteiger partial charge in [0.05, 0.1) is 17.7 Å². The maximum atomic E-state index is 13.5. The van der Waals surface area contributed by atoms with E-state index in [9.17, 15) is 18.3 Å². The van der Waals surface area contributed by atoms with Crippen LogP contribution in [0.2, 0.25) is 0 Å². The number of carbonyl (C=O) groups excluding carboxylic acids is 1. The molecule has 0 aliphatic carbocycles. The van der Waals surface area contributed by atoms with Gasteiger partial charge < -0.3 is 19.7 Å². The lowest BCUT2D eigenvalue weighted by atomic mass is 9.95. The van der Waals surface area contributed by atoms with Gasteiger partial charge in [-0.3, -0.25) is 4.79 Å². The van der Waals surface area contributed by atoms with Crippen molar-refractivity contribution in [3.8, 4) is 11.5 Å². The number of nitrogens with zero attached hydrogens (tertiary/aromatic N) is 1. The van der Waals surface area contributed by atoms with Crippen molar-refractivity contribution in [2.45, 2.75) is 10.8 Å². The van der Waals surface area contributed by atoms with E-state index in [0.29, 0.717) is 45.8 Å². The molecule has 170 valence electrons. The predicted molar refractivity (Wildman–Crippen MR) is 129 cm³/mol. The van der Waals surface area contributed by atoms with Gasteiger partial charge in [0.2, 0.25) is 0 Å². The minimum atomic E-state index is -3.36. The topological polar surface area (TPSA) is 99.7 Å². The number of sulfone groups is 1. The second kappa shape index (κ2) is 7.67. The van der Waals surface area contributed by atoms with Crippen LogP contribution in [0.3, 0.4) is 0 Å². The summed E-state index contributed by atoms with van der Waals surface area (Å²) in [4.78, 5) is 18.4. The van der Waals surface area contributed by atoms with Crippen LogP contribution in [0.4, 0.5) is 5.69 Å². The fourth-order valence-corrected chi connectivity index (χ4v) is 5.41. The Morgan fingerprint density at radius 3 is 2.67 bits per heavy atom. The molecule has 0 bridgehead atoms. The highest BCUT2D eigenvalue weighted by molar-refractivity contribution is 7.90. The number of aromatic nitrogens is 1. The average Bonchev–Trinajstić information content (AvgIpc) is 3.38. The number of nitrogens with one attached hydrogen (secondary N) is 1. The highest BCUT2D eigenvalue weighted by Gasteiger charge is 2.35. The molecular weight excluding hydrogens is 464 g/mol. The Labute approximate surface area is 195 Å². The summed E-state index contributed by atoms with van der Waals surface area (Å²) in [6.45, 7) is 0.359. The van der Waals surface area contributed by atoms with Gasteiger partial charge in [0.1, 0.15) is 17.2 Å². The van der Waals surface area contributed by atoms with Gasteiger partial charge in [-0.2, -0.15) is 0 Å². The number of hydrogen-bond donors (Lipinski definition) is 2. The quantitative estimate of drug-likeness (QED) is 0.418. The standard InChI is InChI=1S/C24H21ClN2O5S/c1-32-15-3-5-17-18(9-15)23-14(11-25)12-27(21(23)10-22(17)28)24(29)20-8-13-7-16(33(2,30)31)4-6-19(13)26-20/h3-10,14,26,28H,11-12H2,1-2H3/t14-/m1/s1. The molecule has 7 nitrogen and oxygen atoms in total. The molecule has 0 radical (unpaired) electrons. The molecule has 0 fully saturated rings. The normalized spacial score (nSPS) is 15.8. The van der Waals surface area contributed by atoms with Crippen molar-refractivity contribution < 1.29 is 23.1 Å². The number of phenols is 1. The highest BCUT2D eigenvalue weighted by Crippen LogP contribution is 2.46. The fraction of sp³-hybridized carbons (Fsp3) is 0.208. The molecule has 1 atom stereocenters. The van der Waals surface area contributed by atoms with Crippen LogP contribution < -0.4 is 9.64 Å². The van der Waals surface area contributed by atoms with E-state index >= 15 is 0 Å². The molecule has 33 heavy (non-hydrogen) atoms. The largest absolute Gasteiger partial charge is 0.507 e. The fourth-order valence-electron chi connectivity index (χ4n) is 4.50. The second-order valence-corrected chi connectivity index (χ2v) is 10.5.